The summed E-state index contributed by atoms with van der Waals surface area (Å²) in [5.41, 5.74) is 0. The van der Waals surface area contributed by atoms with E-state index in [1.54, 1.807) is 0 Å². The van der Waals surface area contributed by atoms with Gasteiger partial charge >= 0.3 is 0 Å². The third-order valence-corrected chi connectivity index (χ3v) is 4.47. The molecule has 0 spiro atoms. The van der Waals surface area contributed by atoms with E-state index in [2.05, 4.69) is 21.0 Å². The minimum Gasteiger partial charge on any atom is -1.00 e. The Kier molecular flexibility index (Phi) is 12.9. The minimum absolute atomic E-state index is 0. The van der Waals surface area contributed by atoms with Gasteiger partial charge in [0, 0.05) is 0 Å². The van der Waals surface area contributed by atoms with E-state index in [4.69, 9.17) is 4.74 Å². The van der Waals surface area contributed by atoms with Gasteiger partial charge in [-0.05, 0) is 12.8 Å². The Hall–Kier alpha value is 0.210. The standard InChI is InChI=1S/C18H38NO.ClH/c1-4-5-6-7-8-9-10-11-12-13-14-15-19(2,3)16-18-17-20-18;/h18H,4-17H2,1-3H3;1H/q+1;/p-1. The molecule has 0 bridgehead atoms. The van der Waals surface area contributed by atoms with E-state index in [1.165, 1.54) is 83.7 Å². The summed E-state index contributed by atoms with van der Waals surface area (Å²) < 4.78 is 6.48. The molecule has 1 heterocycles. The molecule has 1 saturated heterocycles. The first kappa shape index (κ1) is 21.2. The Morgan fingerprint density at radius 3 is 1.67 bits per heavy atom. The van der Waals surface area contributed by atoms with Gasteiger partial charge in [-0.25, -0.2) is 0 Å². The van der Waals surface area contributed by atoms with Gasteiger partial charge in [0.25, 0.3) is 0 Å². The molecular weight excluding hydrogens is 282 g/mol. The highest BCUT2D eigenvalue weighted by atomic mass is 35.5. The Morgan fingerprint density at radius 1 is 0.810 bits per heavy atom. The van der Waals surface area contributed by atoms with Crippen LogP contribution in [-0.4, -0.2) is 44.4 Å². The molecular formula is C18H38ClNO. The molecule has 0 aromatic carbocycles. The average molecular weight is 320 g/mol. The fourth-order valence-corrected chi connectivity index (χ4v) is 3.02. The predicted molar refractivity (Wildman–Crippen MR) is 88.0 cm³/mol. The highest BCUT2D eigenvalue weighted by Gasteiger charge is 2.30. The maximum atomic E-state index is 5.34. The van der Waals surface area contributed by atoms with E-state index in [0.29, 0.717) is 6.10 Å². The van der Waals surface area contributed by atoms with Gasteiger partial charge in [0.2, 0.25) is 0 Å². The molecule has 1 unspecified atom stereocenters. The van der Waals surface area contributed by atoms with Gasteiger partial charge in [0.15, 0.2) is 0 Å². The van der Waals surface area contributed by atoms with Gasteiger partial charge in [-0.3, -0.25) is 0 Å². The van der Waals surface area contributed by atoms with Crippen molar-refractivity contribution in [1.29, 1.82) is 0 Å². The first-order valence-corrected chi connectivity index (χ1v) is 9.07. The molecule has 128 valence electrons. The van der Waals surface area contributed by atoms with Crippen molar-refractivity contribution in [1.82, 2.24) is 0 Å². The van der Waals surface area contributed by atoms with Crippen molar-refractivity contribution in [3.63, 3.8) is 0 Å². The molecule has 21 heavy (non-hydrogen) atoms. The van der Waals surface area contributed by atoms with Gasteiger partial charge in [0.1, 0.15) is 12.6 Å². The Bertz CT molecular complexity index is 229. The molecule has 0 radical (unpaired) electrons. The summed E-state index contributed by atoms with van der Waals surface area (Å²) in [5, 5.41) is 0. The van der Waals surface area contributed by atoms with Gasteiger partial charge in [0.05, 0.1) is 27.2 Å². The largest absolute Gasteiger partial charge is 1.00 e. The van der Waals surface area contributed by atoms with Crippen molar-refractivity contribution in [2.45, 2.75) is 83.7 Å². The number of nitrogens with zero attached hydrogens (tertiary/aromatic N) is 1. The van der Waals surface area contributed by atoms with Gasteiger partial charge < -0.3 is 21.6 Å². The van der Waals surface area contributed by atoms with Crippen LogP contribution in [0.15, 0.2) is 0 Å². The van der Waals surface area contributed by atoms with Crippen LogP contribution < -0.4 is 12.4 Å². The lowest BCUT2D eigenvalue weighted by atomic mass is 10.1. The quantitative estimate of drug-likeness (QED) is 0.270. The lowest BCUT2D eigenvalue weighted by Gasteiger charge is -2.29. The van der Waals surface area contributed by atoms with Crippen molar-refractivity contribution in [3.05, 3.63) is 0 Å². The zero-order valence-corrected chi connectivity index (χ0v) is 15.5. The zero-order chi connectivity index (χ0) is 14.7. The number of likely N-dealkylation sites (N-methyl/N-ethyl adjacent to an activating group) is 1. The maximum Gasteiger partial charge on any atom is 0.130 e. The third kappa shape index (κ3) is 13.6. The second kappa shape index (κ2) is 12.7. The zero-order valence-electron chi connectivity index (χ0n) is 14.7. The van der Waals surface area contributed by atoms with Crippen LogP contribution in [0.2, 0.25) is 0 Å². The van der Waals surface area contributed by atoms with E-state index < -0.39 is 0 Å². The lowest BCUT2D eigenvalue weighted by molar-refractivity contribution is -0.891. The SMILES string of the molecule is CCCCCCCCCCCCC[N+](C)(C)CC1CO1.[Cl-]. The van der Waals surface area contributed by atoms with Crippen LogP contribution in [-0.2, 0) is 4.74 Å². The first-order valence-electron chi connectivity index (χ1n) is 9.07. The van der Waals surface area contributed by atoms with Crippen LogP contribution in [0.5, 0.6) is 0 Å². The van der Waals surface area contributed by atoms with Crippen LogP contribution in [0.3, 0.4) is 0 Å². The molecule has 1 aliphatic heterocycles. The highest BCUT2D eigenvalue weighted by Crippen LogP contribution is 2.16. The lowest BCUT2D eigenvalue weighted by Crippen LogP contribution is -3.00. The predicted octanol–water partition coefficient (Wildman–Crippen LogP) is 1.78. The second-order valence-electron chi connectivity index (χ2n) is 7.33. The molecule has 0 aromatic rings. The average Bonchev–Trinajstić information content (AvgIpc) is 3.19. The van der Waals surface area contributed by atoms with E-state index in [1.807, 2.05) is 0 Å². The summed E-state index contributed by atoms with van der Waals surface area (Å²) >= 11 is 0. The van der Waals surface area contributed by atoms with Gasteiger partial charge in [-0.2, -0.15) is 0 Å². The van der Waals surface area contributed by atoms with Crippen molar-refractivity contribution in [3.8, 4) is 0 Å². The molecule has 1 rings (SSSR count). The number of hydrogen-bond donors (Lipinski definition) is 0. The summed E-state index contributed by atoms with van der Waals surface area (Å²) in [6.45, 7) is 5.81. The van der Waals surface area contributed by atoms with E-state index >= 15 is 0 Å². The number of epoxide rings is 1. The molecule has 0 aromatic heterocycles. The molecule has 0 saturated carbocycles. The van der Waals surface area contributed by atoms with Crippen molar-refractivity contribution in [2.75, 3.05) is 33.8 Å². The highest BCUT2D eigenvalue weighted by molar-refractivity contribution is 4.67. The van der Waals surface area contributed by atoms with E-state index in [0.717, 1.165) is 11.1 Å². The van der Waals surface area contributed by atoms with Crippen LogP contribution in [0, 0.1) is 0 Å². The Labute approximate surface area is 139 Å². The first-order chi connectivity index (χ1) is 9.64. The van der Waals surface area contributed by atoms with E-state index in [9.17, 15) is 0 Å². The normalized spacial score (nSPS) is 17.6. The van der Waals surface area contributed by atoms with Crippen molar-refractivity contribution >= 4 is 0 Å². The molecule has 1 aliphatic rings. The van der Waals surface area contributed by atoms with Crippen molar-refractivity contribution in [2.24, 2.45) is 0 Å². The smallest absolute Gasteiger partial charge is 0.130 e. The van der Waals surface area contributed by atoms with E-state index in [-0.39, 0.29) is 12.4 Å². The minimum atomic E-state index is 0. The summed E-state index contributed by atoms with van der Waals surface area (Å²) in [6, 6.07) is 0. The number of quaternary nitrogens is 1. The van der Waals surface area contributed by atoms with Crippen LogP contribution in [0.4, 0.5) is 0 Å². The fraction of sp³-hybridized carbons (Fsp3) is 1.00. The Balaban J connectivity index is 0.00000400. The van der Waals surface area contributed by atoms with Crippen LogP contribution in [0.25, 0.3) is 0 Å². The third-order valence-electron chi connectivity index (χ3n) is 4.47. The number of rotatable bonds is 14. The summed E-state index contributed by atoms with van der Waals surface area (Å²) in [5.74, 6) is 0. The Morgan fingerprint density at radius 2 is 1.24 bits per heavy atom. The summed E-state index contributed by atoms with van der Waals surface area (Å²) in [6.07, 6.45) is 16.4. The number of hydrogen-bond acceptors (Lipinski definition) is 1. The fourth-order valence-electron chi connectivity index (χ4n) is 3.02. The van der Waals surface area contributed by atoms with Gasteiger partial charge in [-0.15, -0.1) is 0 Å². The number of unbranched alkanes of at least 4 members (excludes halogenated alkanes) is 10. The molecule has 2 nitrogen and oxygen atoms in total. The molecule has 0 N–H and O–H groups in total. The molecule has 1 atom stereocenters. The monoisotopic (exact) mass is 319 g/mol. The number of halogens is 1. The molecule has 1 fully saturated rings. The number of ether oxygens (including phenoxy) is 1. The van der Waals surface area contributed by atoms with Gasteiger partial charge in [-0.1, -0.05) is 64.7 Å². The maximum absolute atomic E-state index is 5.34. The van der Waals surface area contributed by atoms with Crippen LogP contribution in [0.1, 0.15) is 77.6 Å². The molecule has 3 heteroatoms. The topological polar surface area (TPSA) is 12.5 Å². The van der Waals surface area contributed by atoms with Crippen molar-refractivity contribution < 1.29 is 21.6 Å². The second-order valence-corrected chi connectivity index (χ2v) is 7.33. The molecule has 0 aliphatic carbocycles. The van der Waals surface area contributed by atoms with Crippen LogP contribution >= 0.6 is 0 Å². The summed E-state index contributed by atoms with van der Waals surface area (Å²) in [4.78, 5) is 0. The molecule has 0 amide bonds. The summed E-state index contributed by atoms with van der Waals surface area (Å²) in [7, 11) is 4.69.